The molecule has 0 bridgehead atoms. The molecule has 3 aromatic carbocycles. The highest BCUT2D eigenvalue weighted by Gasteiger charge is 2.57. The third-order valence-electron chi connectivity index (χ3n) is 7.79. The second-order valence-corrected chi connectivity index (χ2v) is 9.74. The average Bonchev–Trinajstić information content (AvgIpc) is 3.61. The Balaban J connectivity index is 1.49. The van der Waals surface area contributed by atoms with Gasteiger partial charge < -0.3 is 18.7 Å². The largest absolute Gasteiger partial charge is 0.468 e. The van der Waals surface area contributed by atoms with Gasteiger partial charge in [0.15, 0.2) is 0 Å². The van der Waals surface area contributed by atoms with Gasteiger partial charge in [0.2, 0.25) is 0 Å². The molecule has 0 aliphatic heterocycles. The van der Waals surface area contributed by atoms with Crippen molar-refractivity contribution in [2.45, 2.75) is 18.4 Å². The van der Waals surface area contributed by atoms with E-state index in [0.717, 1.165) is 38.6 Å². The average molecular weight is 489 g/mol. The summed E-state index contributed by atoms with van der Waals surface area (Å²) in [5.74, 6) is 0.528. The minimum Gasteiger partial charge on any atom is -0.468 e. The molecule has 0 saturated heterocycles. The molecule has 0 amide bonds. The predicted molar refractivity (Wildman–Crippen MR) is 143 cm³/mol. The van der Waals surface area contributed by atoms with Crippen molar-refractivity contribution in [2.24, 2.45) is 5.41 Å². The van der Waals surface area contributed by atoms with Gasteiger partial charge in [-0.05, 0) is 53.5 Å². The van der Waals surface area contributed by atoms with Crippen LogP contribution in [-0.2, 0) is 9.53 Å². The molecule has 7 rings (SSSR count). The third-order valence-corrected chi connectivity index (χ3v) is 7.79. The molecule has 0 saturated carbocycles. The van der Waals surface area contributed by atoms with Crippen molar-refractivity contribution >= 4 is 45.1 Å². The predicted octanol–water partition coefficient (Wildman–Crippen LogP) is 6.82. The quantitative estimate of drug-likeness (QED) is 0.282. The molecule has 2 aliphatic rings. The molecule has 2 aromatic heterocycles. The van der Waals surface area contributed by atoms with Crippen LogP contribution in [0.3, 0.4) is 0 Å². The third kappa shape index (κ3) is 3.17. The number of carbonyl (C=O) groups is 1. The number of aliphatic hydroxyl groups is 1. The standard InChI is InChI=1S/C32H24O5/c1-35-31(34)32-18-24(30-15-20-9-3-7-13-29(20)37-30)27(33)17-26(32)23-11-5-4-10-22(23)25(32)16-21-14-19-8-2-6-12-28(19)36-21/h2-16,18,26-27,33H,17H2,1H3/b25-16+/t26-,27+,32-/m1/s1. The molecule has 1 N–H and O–H groups in total. The first-order chi connectivity index (χ1) is 18.1. The van der Waals surface area contributed by atoms with Gasteiger partial charge in [0.05, 0.1) is 13.2 Å². The molecule has 0 fully saturated rings. The summed E-state index contributed by atoms with van der Waals surface area (Å²) in [6.07, 6.45) is 3.36. The summed E-state index contributed by atoms with van der Waals surface area (Å²) < 4.78 is 17.7. The number of benzene rings is 3. The summed E-state index contributed by atoms with van der Waals surface area (Å²) in [7, 11) is 1.41. The number of fused-ring (bicyclic) bond motifs is 5. The topological polar surface area (TPSA) is 72.8 Å². The zero-order valence-electron chi connectivity index (χ0n) is 20.2. The Morgan fingerprint density at radius 3 is 2.35 bits per heavy atom. The Bertz CT molecular complexity index is 1680. The van der Waals surface area contributed by atoms with E-state index >= 15 is 0 Å². The number of esters is 1. The van der Waals surface area contributed by atoms with Crippen molar-refractivity contribution in [1.29, 1.82) is 0 Å². The van der Waals surface area contributed by atoms with Crippen molar-refractivity contribution in [2.75, 3.05) is 7.11 Å². The highest BCUT2D eigenvalue weighted by Crippen LogP contribution is 2.62. The minimum atomic E-state index is -1.15. The van der Waals surface area contributed by atoms with E-state index in [-0.39, 0.29) is 11.9 Å². The van der Waals surface area contributed by atoms with Crippen LogP contribution in [0.25, 0.3) is 39.2 Å². The van der Waals surface area contributed by atoms with Crippen LogP contribution >= 0.6 is 0 Å². The van der Waals surface area contributed by atoms with Gasteiger partial charge in [-0.1, -0.05) is 66.7 Å². The highest BCUT2D eigenvalue weighted by molar-refractivity contribution is 6.07. The molecular weight excluding hydrogens is 464 g/mol. The van der Waals surface area contributed by atoms with Gasteiger partial charge in [0.25, 0.3) is 0 Å². The Kier molecular flexibility index (Phi) is 4.78. The van der Waals surface area contributed by atoms with Gasteiger partial charge in [0.1, 0.15) is 28.1 Å². The Morgan fingerprint density at radius 2 is 1.62 bits per heavy atom. The number of carbonyl (C=O) groups excluding carboxylic acids is 1. The van der Waals surface area contributed by atoms with Crippen molar-refractivity contribution in [3.8, 4) is 0 Å². The zero-order valence-corrected chi connectivity index (χ0v) is 20.2. The second-order valence-electron chi connectivity index (χ2n) is 9.74. The smallest absolute Gasteiger partial charge is 0.320 e. The minimum absolute atomic E-state index is 0.296. The molecule has 37 heavy (non-hydrogen) atoms. The van der Waals surface area contributed by atoms with Gasteiger partial charge >= 0.3 is 5.97 Å². The molecule has 5 aromatic rings. The summed E-state index contributed by atoms with van der Waals surface area (Å²) in [4.78, 5) is 13.8. The molecule has 5 heteroatoms. The zero-order chi connectivity index (χ0) is 25.1. The molecule has 0 unspecified atom stereocenters. The van der Waals surface area contributed by atoms with E-state index in [1.807, 2.05) is 97.1 Å². The monoisotopic (exact) mass is 488 g/mol. The van der Waals surface area contributed by atoms with E-state index in [1.165, 1.54) is 7.11 Å². The number of ether oxygens (including phenoxy) is 1. The van der Waals surface area contributed by atoms with Crippen molar-refractivity contribution < 1.29 is 23.5 Å². The maximum Gasteiger partial charge on any atom is 0.320 e. The van der Waals surface area contributed by atoms with Crippen molar-refractivity contribution in [3.63, 3.8) is 0 Å². The van der Waals surface area contributed by atoms with E-state index in [1.54, 1.807) is 0 Å². The summed E-state index contributed by atoms with van der Waals surface area (Å²) in [5, 5.41) is 13.3. The first kappa shape index (κ1) is 21.9. The SMILES string of the molecule is COC(=O)[C@@]12C=C(c3cc4ccccc4o3)[C@@H](O)C[C@@H]1c1ccccc1/C2=C\c1cc2ccccc2o1. The Hall–Kier alpha value is -4.35. The fourth-order valence-corrected chi connectivity index (χ4v) is 6.14. The van der Waals surface area contributed by atoms with Crippen molar-refractivity contribution in [1.82, 2.24) is 0 Å². The number of aliphatic hydroxyl groups excluding tert-OH is 1. The number of hydrogen-bond acceptors (Lipinski definition) is 5. The molecule has 0 spiro atoms. The lowest BCUT2D eigenvalue weighted by Gasteiger charge is -2.38. The van der Waals surface area contributed by atoms with Crippen LogP contribution in [0, 0.1) is 5.41 Å². The van der Waals surface area contributed by atoms with Gasteiger partial charge in [-0.2, -0.15) is 0 Å². The number of rotatable bonds is 3. The molecule has 5 nitrogen and oxygen atoms in total. The van der Waals surface area contributed by atoms with Gasteiger partial charge in [-0.25, -0.2) is 0 Å². The van der Waals surface area contributed by atoms with Gasteiger partial charge in [-0.3, -0.25) is 4.79 Å². The maximum absolute atomic E-state index is 13.8. The summed E-state index contributed by atoms with van der Waals surface area (Å²) in [6.45, 7) is 0. The Labute approximate surface area is 213 Å². The van der Waals surface area contributed by atoms with E-state index in [0.29, 0.717) is 23.5 Å². The fourth-order valence-electron chi connectivity index (χ4n) is 6.14. The van der Waals surface area contributed by atoms with E-state index in [9.17, 15) is 9.90 Å². The van der Waals surface area contributed by atoms with E-state index < -0.39 is 11.5 Å². The second kappa shape index (κ2) is 8.08. The van der Waals surface area contributed by atoms with E-state index in [4.69, 9.17) is 13.6 Å². The normalized spacial score (nSPS) is 23.7. The molecule has 0 radical (unpaired) electrons. The van der Waals surface area contributed by atoms with Gasteiger partial charge in [-0.15, -0.1) is 0 Å². The van der Waals surface area contributed by atoms with Crippen LogP contribution in [-0.4, -0.2) is 24.3 Å². The van der Waals surface area contributed by atoms with Crippen LogP contribution in [0.2, 0.25) is 0 Å². The van der Waals surface area contributed by atoms with Crippen LogP contribution < -0.4 is 0 Å². The lowest BCUT2D eigenvalue weighted by molar-refractivity contribution is -0.148. The van der Waals surface area contributed by atoms with Crippen molar-refractivity contribution in [3.05, 3.63) is 114 Å². The van der Waals surface area contributed by atoms with Crippen LogP contribution in [0.5, 0.6) is 0 Å². The summed E-state index contributed by atoms with van der Waals surface area (Å²) in [5.41, 5.74) is 3.70. The first-order valence-electron chi connectivity index (χ1n) is 12.4. The Morgan fingerprint density at radius 1 is 0.946 bits per heavy atom. The molecular formula is C32H24O5. The number of hydrogen-bond donors (Lipinski definition) is 1. The molecule has 2 heterocycles. The lowest BCUT2D eigenvalue weighted by Crippen LogP contribution is -2.39. The molecule has 3 atom stereocenters. The van der Waals surface area contributed by atoms with E-state index in [2.05, 4.69) is 0 Å². The lowest BCUT2D eigenvalue weighted by atomic mass is 9.65. The van der Waals surface area contributed by atoms with Crippen LogP contribution in [0.4, 0.5) is 0 Å². The van der Waals surface area contributed by atoms with Crippen LogP contribution in [0.15, 0.2) is 99.8 Å². The highest BCUT2D eigenvalue weighted by atomic mass is 16.5. The molecule has 2 aliphatic carbocycles. The summed E-state index contributed by atoms with van der Waals surface area (Å²) >= 11 is 0. The number of methoxy groups -OCH3 is 1. The summed E-state index contributed by atoms with van der Waals surface area (Å²) in [6, 6.07) is 27.4. The maximum atomic E-state index is 13.8. The van der Waals surface area contributed by atoms with Gasteiger partial charge in [0, 0.05) is 22.3 Å². The first-order valence-corrected chi connectivity index (χ1v) is 12.4. The fraction of sp³-hybridized carbons (Fsp3) is 0.156. The number of furan rings is 2. The molecule has 182 valence electrons. The number of para-hydroxylation sites is 2. The van der Waals surface area contributed by atoms with Crippen LogP contribution in [0.1, 0.15) is 35.0 Å².